The second kappa shape index (κ2) is 7.14. The van der Waals surface area contributed by atoms with Crippen LogP contribution in [0.1, 0.15) is 17.3 Å². The molecule has 2 aromatic carbocycles. The molecule has 0 saturated carbocycles. The third-order valence-electron chi connectivity index (χ3n) is 3.94. The van der Waals surface area contributed by atoms with E-state index >= 15 is 0 Å². The number of ether oxygens (including phenoxy) is 2. The first-order valence-corrected chi connectivity index (χ1v) is 7.93. The predicted molar refractivity (Wildman–Crippen MR) is 91.9 cm³/mol. The van der Waals surface area contributed by atoms with Gasteiger partial charge in [-0.25, -0.2) is 13.6 Å². The lowest BCUT2D eigenvalue weighted by Gasteiger charge is -2.16. The van der Waals surface area contributed by atoms with Crippen molar-refractivity contribution in [3.63, 3.8) is 0 Å². The van der Waals surface area contributed by atoms with Crippen LogP contribution in [0, 0.1) is 17.5 Å². The Kier molecular flexibility index (Phi) is 4.89. The van der Waals surface area contributed by atoms with E-state index in [1.165, 1.54) is 16.7 Å². The van der Waals surface area contributed by atoms with Gasteiger partial charge < -0.3 is 14.0 Å². The Labute approximate surface area is 151 Å². The maximum atomic E-state index is 14.2. The van der Waals surface area contributed by atoms with E-state index in [4.69, 9.17) is 9.47 Å². The number of rotatable bonds is 4. The molecule has 0 radical (unpaired) electrons. The van der Waals surface area contributed by atoms with Crippen molar-refractivity contribution in [3.05, 3.63) is 69.8 Å². The topological polar surface area (TPSA) is 57.5 Å². The van der Waals surface area contributed by atoms with Gasteiger partial charge in [0.15, 0.2) is 11.6 Å². The zero-order chi connectivity index (χ0) is 19.7. The van der Waals surface area contributed by atoms with Gasteiger partial charge in [0, 0.05) is 11.9 Å². The molecule has 0 N–H and O–H groups in total. The molecular formula is C19H14F3NO4. The van der Waals surface area contributed by atoms with Crippen LogP contribution >= 0.6 is 0 Å². The molecule has 0 fully saturated rings. The van der Waals surface area contributed by atoms with Crippen LogP contribution < -0.4 is 10.2 Å². The molecule has 0 saturated heterocycles. The van der Waals surface area contributed by atoms with Crippen LogP contribution in [0.3, 0.4) is 0 Å². The van der Waals surface area contributed by atoms with Crippen molar-refractivity contribution in [3.8, 4) is 11.4 Å². The number of nitrogens with zero attached hydrogens (tertiary/aromatic N) is 1. The van der Waals surface area contributed by atoms with E-state index in [2.05, 4.69) is 0 Å². The number of hydrogen-bond acceptors (Lipinski definition) is 4. The summed E-state index contributed by atoms with van der Waals surface area (Å²) in [7, 11) is 1.12. The highest BCUT2D eigenvalue weighted by atomic mass is 19.2. The van der Waals surface area contributed by atoms with Crippen LogP contribution in [-0.2, 0) is 4.74 Å². The number of aromatic nitrogens is 1. The van der Waals surface area contributed by atoms with Crippen molar-refractivity contribution >= 4 is 16.9 Å². The number of pyridine rings is 1. The summed E-state index contributed by atoms with van der Waals surface area (Å²) in [5, 5.41) is -0.277. The molecule has 1 heterocycles. The highest BCUT2D eigenvalue weighted by Gasteiger charge is 2.24. The molecule has 5 nitrogen and oxygen atoms in total. The first kappa shape index (κ1) is 18.5. The maximum absolute atomic E-state index is 14.2. The van der Waals surface area contributed by atoms with Gasteiger partial charge in [0.25, 0.3) is 0 Å². The van der Waals surface area contributed by atoms with Crippen LogP contribution in [-0.4, -0.2) is 24.3 Å². The van der Waals surface area contributed by atoms with Gasteiger partial charge in [-0.1, -0.05) is 0 Å². The number of methoxy groups -OCH3 is 1. The number of carbonyl (C=O) groups is 1. The summed E-state index contributed by atoms with van der Waals surface area (Å²) >= 11 is 0. The monoisotopic (exact) mass is 377 g/mol. The van der Waals surface area contributed by atoms with Gasteiger partial charge >= 0.3 is 5.97 Å². The second-order valence-corrected chi connectivity index (χ2v) is 5.54. The van der Waals surface area contributed by atoms with Gasteiger partial charge in [-0.3, -0.25) is 4.79 Å². The zero-order valence-electron chi connectivity index (χ0n) is 14.4. The van der Waals surface area contributed by atoms with Gasteiger partial charge in [-0.05, 0) is 37.3 Å². The highest BCUT2D eigenvalue weighted by molar-refractivity contribution is 5.96. The van der Waals surface area contributed by atoms with Crippen molar-refractivity contribution in [1.82, 2.24) is 4.57 Å². The molecule has 3 rings (SSSR count). The van der Waals surface area contributed by atoms with Crippen LogP contribution in [0.15, 0.2) is 41.3 Å². The van der Waals surface area contributed by atoms with Gasteiger partial charge in [0.2, 0.25) is 11.2 Å². The second-order valence-electron chi connectivity index (χ2n) is 5.54. The molecule has 0 aliphatic heterocycles. The van der Waals surface area contributed by atoms with Crippen molar-refractivity contribution in [2.45, 2.75) is 6.92 Å². The van der Waals surface area contributed by atoms with E-state index in [9.17, 15) is 22.8 Å². The fourth-order valence-electron chi connectivity index (χ4n) is 2.75. The van der Waals surface area contributed by atoms with Crippen LogP contribution in [0.25, 0.3) is 16.6 Å². The minimum Gasteiger partial charge on any atom is -0.491 e. The first-order chi connectivity index (χ1) is 12.9. The first-order valence-electron chi connectivity index (χ1n) is 7.93. The van der Waals surface area contributed by atoms with Crippen molar-refractivity contribution in [1.29, 1.82) is 0 Å². The molecule has 0 aliphatic carbocycles. The quantitative estimate of drug-likeness (QED) is 0.652. The number of carbonyl (C=O) groups excluding carboxylic acids is 1. The molecule has 0 atom stereocenters. The molecule has 0 bridgehead atoms. The Bertz CT molecular complexity index is 1090. The standard InChI is InChI=1S/C19H14F3NO4/c1-3-27-19(25)13-9-23(11-6-4-10(20)5-7-11)16-12(17(13)24)8-14(21)15(22)18(16)26-2/h4-9H,3H2,1-2H3. The zero-order valence-corrected chi connectivity index (χ0v) is 14.4. The summed E-state index contributed by atoms with van der Waals surface area (Å²) < 4.78 is 52.6. The van der Waals surface area contributed by atoms with Crippen LogP contribution in [0.4, 0.5) is 13.2 Å². The summed E-state index contributed by atoms with van der Waals surface area (Å²) in [6.45, 7) is 1.59. The Morgan fingerprint density at radius 1 is 1.15 bits per heavy atom. The Morgan fingerprint density at radius 2 is 1.81 bits per heavy atom. The normalized spacial score (nSPS) is 10.9. The van der Waals surface area contributed by atoms with Gasteiger partial charge in [-0.15, -0.1) is 0 Å². The maximum Gasteiger partial charge on any atom is 0.343 e. The molecule has 27 heavy (non-hydrogen) atoms. The largest absolute Gasteiger partial charge is 0.491 e. The van der Waals surface area contributed by atoms with Gasteiger partial charge in [-0.2, -0.15) is 4.39 Å². The summed E-state index contributed by atoms with van der Waals surface area (Å²) in [6, 6.07) is 5.70. The lowest BCUT2D eigenvalue weighted by Crippen LogP contribution is -2.21. The Balaban J connectivity index is 2.48. The molecule has 0 spiro atoms. The van der Waals surface area contributed by atoms with Gasteiger partial charge in [0.05, 0.1) is 19.1 Å². The van der Waals surface area contributed by atoms with E-state index < -0.39 is 34.6 Å². The number of benzene rings is 2. The SMILES string of the molecule is CCOC(=O)c1cn(-c2ccc(F)cc2)c2c(OC)c(F)c(F)cc2c1=O. The average Bonchev–Trinajstić information content (AvgIpc) is 2.65. The molecule has 0 amide bonds. The predicted octanol–water partition coefficient (Wildman–Crippen LogP) is 3.59. The Morgan fingerprint density at radius 3 is 2.41 bits per heavy atom. The number of esters is 1. The molecular weight excluding hydrogens is 363 g/mol. The fourth-order valence-corrected chi connectivity index (χ4v) is 2.75. The summed E-state index contributed by atoms with van der Waals surface area (Å²) in [6.07, 6.45) is 1.13. The summed E-state index contributed by atoms with van der Waals surface area (Å²) in [4.78, 5) is 24.9. The average molecular weight is 377 g/mol. The molecule has 0 unspecified atom stereocenters. The lowest BCUT2D eigenvalue weighted by molar-refractivity contribution is 0.0524. The molecule has 140 valence electrons. The van der Waals surface area contributed by atoms with Crippen LogP contribution in [0.5, 0.6) is 5.75 Å². The van der Waals surface area contributed by atoms with E-state index in [0.29, 0.717) is 11.8 Å². The summed E-state index contributed by atoms with van der Waals surface area (Å²) in [5.74, 6) is -4.53. The van der Waals surface area contributed by atoms with Crippen LogP contribution in [0.2, 0.25) is 0 Å². The fraction of sp³-hybridized carbons (Fsp3) is 0.158. The smallest absolute Gasteiger partial charge is 0.343 e. The molecule has 1 aromatic heterocycles. The lowest BCUT2D eigenvalue weighted by atomic mass is 10.1. The Hall–Kier alpha value is -3.29. The molecule has 8 heteroatoms. The van der Waals surface area contributed by atoms with E-state index in [1.54, 1.807) is 6.92 Å². The van der Waals surface area contributed by atoms with Crippen molar-refractivity contribution < 1.29 is 27.4 Å². The number of hydrogen-bond donors (Lipinski definition) is 0. The molecule has 3 aromatic rings. The van der Waals surface area contributed by atoms with E-state index in [0.717, 1.165) is 25.4 Å². The van der Waals surface area contributed by atoms with E-state index in [-0.39, 0.29) is 23.1 Å². The van der Waals surface area contributed by atoms with Crippen molar-refractivity contribution in [2.75, 3.05) is 13.7 Å². The molecule has 0 aliphatic rings. The minimum atomic E-state index is -1.30. The van der Waals surface area contributed by atoms with E-state index in [1.807, 2.05) is 0 Å². The minimum absolute atomic E-state index is 0.0218. The highest BCUT2D eigenvalue weighted by Crippen LogP contribution is 2.31. The summed E-state index contributed by atoms with van der Waals surface area (Å²) in [5.41, 5.74) is -1.00. The van der Waals surface area contributed by atoms with Crippen molar-refractivity contribution in [2.24, 2.45) is 0 Å². The van der Waals surface area contributed by atoms with Gasteiger partial charge in [0.1, 0.15) is 16.9 Å². The third kappa shape index (κ3) is 3.14. The third-order valence-corrected chi connectivity index (χ3v) is 3.94. The number of fused-ring (bicyclic) bond motifs is 1. The number of halogens is 3.